The van der Waals surface area contributed by atoms with Gasteiger partial charge >= 0.3 is 6.09 Å². The van der Waals surface area contributed by atoms with Crippen molar-refractivity contribution in [2.24, 2.45) is 52.3 Å². The van der Waals surface area contributed by atoms with E-state index in [0.29, 0.717) is 68.0 Å². The summed E-state index contributed by atoms with van der Waals surface area (Å²) in [6.07, 6.45) is 10.9. The molecule has 7 heteroatoms. The summed E-state index contributed by atoms with van der Waals surface area (Å²) in [6, 6.07) is 8.03. The molecule has 0 saturated heterocycles. The molecular weight excluding hydrogens is 602 g/mol. The number of carbonyl (C=O) groups is 1. The molecule has 1 aromatic carbocycles. The van der Waals surface area contributed by atoms with E-state index in [1.54, 1.807) is 7.11 Å². The van der Waals surface area contributed by atoms with E-state index >= 15 is 0 Å². The normalized spacial score (nSPS) is 36.9. The number of amides is 1. The van der Waals surface area contributed by atoms with Gasteiger partial charge in [-0.25, -0.2) is 4.79 Å². The van der Waals surface area contributed by atoms with Crippen LogP contribution in [0.25, 0.3) is 0 Å². The minimum Gasteiger partial charge on any atom is -0.449 e. The molecule has 11 atom stereocenters. The maximum absolute atomic E-state index is 12.5. The molecule has 7 nitrogen and oxygen atoms in total. The van der Waals surface area contributed by atoms with Gasteiger partial charge in [-0.1, -0.05) is 67.0 Å². The number of fused-ring (bicyclic) bond motifs is 5. The van der Waals surface area contributed by atoms with E-state index in [4.69, 9.17) is 18.9 Å². The van der Waals surface area contributed by atoms with Gasteiger partial charge in [0.15, 0.2) is 0 Å². The molecule has 2 unspecified atom stereocenters. The summed E-state index contributed by atoms with van der Waals surface area (Å²) >= 11 is 0. The van der Waals surface area contributed by atoms with Crippen LogP contribution in [-0.4, -0.2) is 57.1 Å². The number of methoxy groups -OCH3 is 1. The smallest absolute Gasteiger partial charge is 0.411 e. The second-order valence-electron chi connectivity index (χ2n) is 17.5. The van der Waals surface area contributed by atoms with Crippen LogP contribution < -0.4 is 5.32 Å². The first-order chi connectivity index (χ1) is 22.8. The third-order valence-corrected chi connectivity index (χ3v) is 14.0. The fourth-order valence-corrected chi connectivity index (χ4v) is 11.4. The largest absolute Gasteiger partial charge is 0.449 e. The van der Waals surface area contributed by atoms with Crippen molar-refractivity contribution in [1.29, 1.82) is 0 Å². The Hall–Kier alpha value is -1.67. The highest BCUT2D eigenvalue weighted by molar-refractivity contribution is 5.84. The van der Waals surface area contributed by atoms with Crippen LogP contribution in [0.4, 0.5) is 10.5 Å². The molecule has 4 fully saturated rings. The van der Waals surface area contributed by atoms with Gasteiger partial charge in [0.05, 0.1) is 32.0 Å². The minimum absolute atomic E-state index is 0.0800. The lowest BCUT2D eigenvalue weighted by molar-refractivity contribution is -0.213. The lowest BCUT2D eigenvalue weighted by atomic mass is 9.41. The summed E-state index contributed by atoms with van der Waals surface area (Å²) in [5.74, 6) is 3.61. The van der Waals surface area contributed by atoms with Gasteiger partial charge in [-0.05, 0) is 133 Å². The molecule has 1 aromatic rings. The SMILES string of the molecule is CC[C@@H]1C2C[C@H](OCOCCOC)CC[C@]2(C)[C@H]2CC[C@]3(C)[C@@H]([C@H](C)CCCOC(=O)Nc4ccc(C(C)(C)C)cc4)CC[C@H]3C2[C@@H]1O. The van der Waals surface area contributed by atoms with Gasteiger partial charge in [0, 0.05) is 12.8 Å². The first-order valence-corrected chi connectivity index (χ1v) is 19.2. The molecule has 1 amide bonds. The zero-order chi connectivity index (χ0) is 34.7. The summed E-state index contributed by atoms with van der Waals surface area (Å²) in [4.78, 5) is 12.5. The van der Waals surface area contributed by atoms with Crippen molar-refractivity contribution in [1.82, 2.24) is 0 Å². The lowest BCUT2D eigenvalue weighted by Crippen LogP contribution is -2.62. The summed E-state index contributed by atoms with van der Waals surface area (Å²) in [5, 5.41) is 15.1. The van der Waals surface area contributed by atoms with Crippen molar-refractivity contribution >= 4 is 11.8 Å². The van der Waals surface area contributed by atoms with Gasteiger partial charge < -0.3 is 24.1 Å². The number of benzene rings is 1. The Morgan fingerprint density at radius 2 is 1.69 bits per heavy atom. The van der Waals surface area contributed by atoms with Crippen LogP contribution in [-0.2, 0) is 24.4 Å². The van der Waals surface area contributed by atoms with Crippen LogP contribution in [0.1, 0.15) is 118 Å². The van der Waals surface area contributed by atoms with Crippen LogP contribution >= 0.6 is 0 Å². The average Bonchev–Trinajstić information content (AvgIpc) is 3.40. The van der Waals surface area contributed by atoms with Crippen LogP contribution in [0.2, 0.25) is 0 Å². The van der Waals surface area contributed by atoms with E-state index in [0.717, 1.165) is 37.8 Å². The Balaban J connectivity index is 1.14. The molecule has 0 heterocycles. The molecular formula is C41H67NO6. The Kier molecular flexibility index (Phi) is 12.3. The number of ether oxygens (including phenoxy) is 4. The second kappa shape index (κ2) is 15.7. The number of hydrogen-bond donors (Lipinski definition) is 2. The molecule has 272 valence electrons. The zero-order valence-electron chi connectivity index (χ0n) is 31.4. The second-order valence-corrected chi connectivity index (χ2v) is 17.5. The predicted octanol–water partition coefficient (Wildman–Crippen LogP) is 9.22. The van der Waals surface area contributed by atoms with Gasteiger partial charge in [0.2, 0.25) is 0 Å². The number of anilines is 1. The first kappa shape index (κ1) is 37.6. The predicted molar refractivity (Wildman–Crippen MR) is 192 cm³/mol. The van der Waals surface area contributed by atoms with Crippen molar-refractivity contribution in [3.05, 3.63) is 29.8 Å². The summed E-state index contributed by atoms with van der Waals surface area (Å²) in [5.41, 5.74) is 2.61. The third kappa shape index (κ3) is 7.80. The Labute approximate surface area is 291 Å². The molecule has 4 saturated carbocycles. The molecule has 4 aliphatic carbocycles. The number of aliphatic hydroxyl groups is 1. The Bertz CT molecular complexity index is 1180. The number of nitrogens with one attached hydrogen (secondary N) is 1. The standard InChI is InChI=1S/C41H67NO6/c1-9-31-35-25-30(48-26-46-24-23-45-8)18-20-41(35,7)34-19-21-40(6)32(16-17-33(40)36(34)37(31)43)27(2)11-10-22-47-38(44)42-29-14-12-28(13-15-29)39(3,4)5/h12-15,27,30-37,43H,9-11,16-26H2,1-8H3,(H,42,44)/t27-,30-,31-,32-,33+,34+,35?,36?,37-,40-,41-/m1/s1. The molecule has 48 heavy (non-hydrogen) atoms. The van der Waals surface area contributed by atoms with Gasteiger partial charge in [0.25, 0.3) is 0 Å². The zero-order valence-corrected chi connectivity index (χ0v) is 31.4. The van der Waals surface area contributed by atoms with Crippen LogP contribution in [0, 0.1) is 52.3 Å². The quantitative estimate of drug-likeness (QED) is 0.161. The molecule has 4 aliphatic rings. The van der Waals surface area contributed by atoms with Crippen molar-refractivity contribution in [3.8, 4) is 0 Å². The highest BCUT2D eigenvalue weighted by Crippen LogP contribution is 2.69. The van der Waals surface area contributed by atoms with E-state index in [1.165, 1.54) is 37.7 Å². The van der Waals surface area contributed by atoms with Gasteiger partial charge in [-0.15, -0.1) is 0 Å². The maximum atomic E-state index is 12.5. The number of aliphatic hydroxyl groups excluding tert-OH is 1. The van der Waals surface area contributed by atoms with Crippen molar-refractivity contribution in [2.75, 3.05) is 39.0 Å². The summed E-state index contributed by atoms with van der Waals surface area (Å²) < 4.78 is 22.5. The Morgan fingerprint density at radius 1 is 0.979 bits per heavy atom. The fraction of sp³-hybridized carbons (Fsp3) is 0.829. The number of hydrogen-bond acceptors (Lipinski definition) is 6. The molecule has 0 spiro atoms. The highest BCUT2D eigenvalue weighted by atomic mass is 16.7. The van der Waals surface area contributed by atoms with E-state index in [1.807, 2.05) is 12.1 Å². The van der Waals surface area contributed by atoms with E-state index < -0.39 is 0 Å². The monoisotopic (exact) mass is 669 g/mol. The Morgan fingerprint density at radius 3 is 2.38 bits per heavy atom. The molecule has 0 bridgehead atoms. The maximum Gasteiger partial charge on any atom is 0.411 e. The third-order valence-electron chi connectivity index (χ3n) is 14.0. The van der Waals surface area contributed by atoms with Crippen LogP contribution in [0.5, 0.6) is 0 Å². The van der Waals surface area contributed by atoms with Gasteiger partial charge in [-0.2, -0.15) is 0 Å². The van der Waals surface area contributed by atoms with E-state index in [2.05, 4.69) is 65.9 Å². The number of rotatable bonds is 13. The molecule has 5 rings (SSSR count). The molecule has 0 radical (unpaired) electrons. The van der Waals surface area contributed by atoms with Crippen molar-refractivity contribution in [2.45, 2.75) is 130 Å². The summed E-state index contributed by atoms with van der Waals surface area (Å²) in [7, 11) is 1.69. The molecule has 0 aromatic heterocycles. The van der Waals surface area contributed by atoms with Crippen LogP contribution in [0.15, 0.2) is 24.3 Å². The highest BCUT2D eigenvalue weighted by Gasteiger charge is 2.65. The van der Waals surface area contributed by atoms with Crippen LogP contribution in [0.3, 0.4) is 0 Å². The molecule has 2 N–H and O–H groups in total. The summed E-state index contributed by atoms with van der Waals surface area (Å²) in [6.45, 7) is 18.3. The topological polar surface area (TPSA) is 86.2 Å². The van der Waals surface area contributed by atoms with Gasteiger partial charge in [-0.3, -0.25) is 5.32 Å². The average molecular weight is 670 g/mol. The van der Waals surface area contributed by atoms with Gasteiger partial charge in [0.1, 0.15) is 6.79 Å². The van der Waals surface area contributed by atoms with Crippen molar-refractivity contribution in [3.63, 3.8) is 0 Å². The van der Waals surface area contributed by atoms with Crippen molar-refractivity contribution < 1.29 is 28.8 Å². The molecule has 0 aliphatic heterocycles. The first-order valence-electron chi connectivity index (χ1n) is 19.2. The lowest BCUT2D eigenvalue weighted by Gasteiger charge is -2.65. The van der Waals surface area contributed by atoms with E-state index in [-0.39, 0.29) is 34.5 Å². The minimum atomic E-state index is -0.378. The number of carbonyl (C=O) groups excluding carboxylic acids is 1. The fourth-order valence-electron chi connectivity index (χ4n) is 11.4. The van der Waals surface area contributed by atoms with E-state index in [9.17, 15) is 9.90 Å².